The van der Waals surface area contributed by atoms with Crippen molar-refractivity contribution < 1.29 is 4.74 Å². The van der Waals surface area contributed by atoms with Crippen LogP contribution in [0.25, 0.3) is 0 Å². The average Bonchev–Trinajstić information content (AvgIpc) is 2.08. The van der Waals surface area contributed by atoms with Gasteiger partial charge in [-0.3, -0.25) is 0 Å². The molecular formula is C9H22N2O. The number of rotatable bonds is 2. The summed E-state index contributed by atoms with van der Waals surface area (Å²) in [6.45, 7) is 11.3. The second-order valence-electron chi connectivity index (χ2n) is 3.07. The summed E-state index contributed by atoms with van der Waals surface area (Å²) in [4.78, 5) is 0. The molecule has 2 N–H and O–H groups in total. The maximum atomic E-state index is 5.01. The molecule has 3 nitrogen and oxygen atoms in total. The van der Waals surface area contributed by atoms with Gasteiger partial charge >= 0.3 is 0 Å². The molecule has 1 fully saturated rings. The molecule has 0 bridgehead atoms. The third kappa shape index (κ3) is 9.88. The smallest absolute Gasteiger partial charge is 0.0591 e. The van der Waals surface area contributed by atoms with Crippen LogP contribution in [0.5, 0.6) is 0 Å². The van der Waals surface area contributed by atoms with E-state index in [9.17, 15) is 0 Å². The fourth-order valence-corrected chi connectivity index (χ4v) is 0.924. The van der Waals surface area contributed by atoms with Crippen LogP contribution >= 0.6 is 0 Å². The van der Waals surface area contributed by atoms with Gasteiger partial charge in [0, 0.05) is 19.1 Å². The van der Waals surface area contributed by atoms with Crippen LogP contribution < -0.4 is 10.6 Å². The van der Waals surface area contributed by atoms with E-state index < -0.39 is 0 Å². The van der Waals surface area contributed by atoms with E-state index in [-0.39, 0.29) is 0 Å². The Kier molecular flexibility index (Phi) is 8.88. The Labute approximate surface area is 75.9 Å². The number of ether oxygens (including phenoxy) is 1. The Bertz CT molecular complexity index is 71.1. The monoisotopic (exact) mass is 174 g/mol. The van der Waals surface area contributed by atoms with E-state index in [1.54, 1.807) is 0 Å². The van der Waals surface area contributed by atoms with Crippen molar-refractivity contribution in [1.82, 2.24) is 10.6 Å². The highest BCUT2D eigenvalue weighted by molar-refractivity contribution is 4.49. The first-order valence-corrected chi connectivity index (χ1v) is 4.79. The molecule has 0 aromatic carbocycles. The largest absolute Gasteiger partial charge is 0.379 e. The number of nitrogens with one attached hydrogen (secondary N) is 2. The molecule has 1 aliphatic heterocycles. The maximum Gasteiger partial charge on any atom is 0.0591 e. The van der Waals surface area contributed by atoms with Crippen molar-refractivity contribution in [2.24, 2.45) is 0 Å². The van der Waals surface area contributed by atoms with Crippen LogP contribution in [-0.2, 0) is 4.74 Å². The first-order valence-electron chi connectivity index (χ1n) is 4.79. The van der Waals surface area contributed by atoms with Gasteiger partial charge in [0.1, 0.15) is 0 Å². The highest BCUT2D eigenvalue weighted by atomic mass is 16.5. The fourth-order valence-electron chi connectivity index (χ4n) is 0.924. The summed E-state index contributed by atoms with van der Waals surface area (Å²) in [5.74, 6) is 0. The molecule has 3 heteroatoms. The molecule has 12 heavy (non-hydrogen) atoms. The minimum atomic E-state index is 0.648. The van der Waals surface area contributed by atoms with Crippen LogP contribution in [0.1, 0.15) is 20.8 Å². The van der Waals surface area contributed by atoms with Gasteiger partial charge in [-0.25, -0.2) is 0 Å². The Morgan fingerprint density at radius 3 is 2.00 bits per heavy atom. The SMILES string of the molecule is C1COCCN1.CCNC(C)C. The van der Waals surface area contributed by atoms with E-state index in [1.165, 1.54) is 0 Å². The zero-order valence-corrected chi connectivity index (χ0v) is 8.52. The lowest BCUT2D eigenvalue weighted by Gasteiger charge is -2.10. The standard InChI is InChI=1S/C5H13N.C4H9NO/c1-4-6-5(2)3;1-3-6-4-2-5-1/h5-6H,4H2,1-3H3;5H,1-4H2. The molecule has 0 aromatic heterocycles. The van der Waals surface area contributed by atoms with Gasteiger partial charge in [0.2, 0.25) is 0 Å². The quantitative estimate of drug-likeness (QED) is 0.643. The fraction of sp³-hybridized carbons (Fsp3) is 1.00. The lowest BCUT2D eigenvalue weighted by Crippen LogP contribution is -2.30. The predicted molar refractivity (Wildman–Crippen MR) is 52.5 cm³/mol. The molecule has 0 aromatic rings. The molecule has 74 valence electrons. The van der Waals surface area contributed by atoms with Gasteiger partial charge in [0.25, 0.3) is 0 Å². The van der Waals surface area contributed by atoms with Crippen molar-refractivity contribution in [2.45, 2.75) is 26.8 Å². The van der Waals surface area contributed by atoms with Crippen LogP contribution in [0, 0.1) is 0 Å². The van der Waals surface area contributed by atoms with Crippen LogP contribution in [0.2, 0.25) is 0 Å². The van der Waals surface area contributed by atoms with E-state index in [4.69, 9.17) is 4.74 Å². The van der Waals surface area contributed by atoms with Crippen molar-refractivity contribution in [3.05, 3.63) is 0 Å². The summed E-state index contributed by atoms with van der Waals surface area (Å²) in [5, 5.41) is 6.37. The lowest BCUT2D eigenvalue weighted by atomic mass is 10.4. The van der Waals surface area contributed by atoms with Crippen molar-refractivity contribution >= 4 is 0 Å². The topological polar surface area (TPSA) is 33.3 Å². The van der Waals surface area contributed by atoms with Crippen LogP contribution in [0.4, 0.5) is 0 Å². The molecule has 1 rings (SSSR count). The molecule has 0 unspecified atom stereocenters. The van der Waals surface area contributed by atoms with Crippen LogP contribution in [-0.4, -0.2) is 38.9 Å². The average molecular weight is 174 g/mol. The molecular weight excluding hydrogens is 152 g/mol. The molecule has 0 atom stereocenters. The van der Waals surface area contributed by atoms with Crippen LogP contribution in [0.15, 0.2) is 0 Å². The highest BCUT2D eigenvalue weighted by Gasteiger charge is 1.92. The van der Waals surface area contributed by atoms with Gasteiger partial charge in [0.15, 0.2) is 0 Å². The van der Waals surface area contributed by atoms with Gasteiger partial charge in [-0.05, 0) is 6.54 Å². The summed E-state index contributed by atoms with van der Waals surface area (Å²) in [7, 11) is 0. The zero-order valence-electron chi connectivity index (χ0n) is 8.52. The number of hydrogen-bond donors (Lipinski definition) is 2. The Morgan fingerprint density at radius 2 is 1.92 bits per heavy atom. The van der Waals surface area contributed by atoms with E-state index in [1.807, 2.05) is 0 Å². The van der Waals surface area contributed by atoms with Crippen LogP contribution in [0.3, 0.4) is 0 Å². The molecule has 0 amide bonds. The van der Waals surface area contributed by atoms with Crippen molar-refractivity contribution in [2.75, 3.05) is 32.8 Å². The van der Waals surface area contributed by atoms with Crippen molar-refractivity contribution in [3.63, 3.8) is 0 Å². The zero-order chi connectivity index (χ0) is 9.23. The molecule has 0 spiro atoms. The molecule has 1 saturated heterocycles. The second-order valence-corrected chi connectivity index (χ2v) is 3.07. The third-order valence-electron chi connectivity index (χ3n) is 1.46. The van der Waals surface area contributed by atoms with Gasteiger partial charge in [-0.1, -0.05) is 20.8 Å². The molecule has 1 aliphatic rings. The first-order chi connectivity index (χ1) is 5.77. The minimum Gasteiger partial charge on any atom is -0.379 e. The molecule has 0 radical (unpaired) electrons. The lowest BCUT2D eigenvalue weighted by molar-refractivity contribution is 0.109. The Morgan fingerprint density at radius 1 is 1.33 bits per heavy atom. The van der Waals surface area contributed by atoms with E-state index in [0.717, 1.165) is 32.8 Å². The highest BCUT2D eigenvalue weighted by Crippen LogP contribution is 1.76. The summed E-state index contributed by atoms with van der Waals surface area (Å²) in [6, 6.07) is 0.648. The summed E-state index contributed by atoms with van der Waals surface area (Å²) in [6.07, 6.45) is 0. The maximum absolute atomic E-state index is 5.01. The number of morpholine rings is 1. The van der Waals surface area contributed by atoms with E-state index in [2.05, 4.69) is 31.4 Å². The van der Waals surface area contributed by atoms with Gasteiger partial charge in [-0.15, -0.1) is 0 Å². The molecule has 0 saturated carbocycles. The second kappa shape index (κ2) is 8.97. The molecule has 0 aliphatic carbocycles. The normalized spacial score (nSPS) is 17.0. The van der Waals surface area contributed by atoms with E-state index in [0.29, 0.717) is 6.04 Å². The third-order valence-corrected chi connectivity index (χ3v) is 1.46. The Hall–Kier alpha value is -0.120. The summed E-state index contributed by atoms with van der Waals surface area (Å²) >= 11 is 0. The van der Waals surface area contributed by atoms with E-state index >= 15 is 0 Å². The first kappa shape index (κ1) is 11.9. The summed E-state index contributed by atoms with van der Waals surface area (Å²) < 4.78 is 5.01. The summed E-state index contributed by atoms with van der Waals surface area (Å²) in [5.41, 5.74) is 0. The minimum absolute atomic E-state index is 0.648. The predicted octanol–water partition coefficient (Wildman–Crippen LogP) is 0.610. The van der Waals surface area contributed by atoms with Crippen molar-refractivity contribution in [3.8, 4) is 0 Å². The molecule has 1 heterocycles. The van der Waals surface area contributed by atoms with Gasteiger partial charge in [0.05, 0.1) is 13.2 Å². The van der Waals surface area contributed by atoms with Gasteiger partial charge in [-0.2, -0.15) is 0 Å². The van der Waals surface area contributed by atoms with Gasteiger partial charge < -0.3 is 15.4 Å². The Balaban J connectivity index is 0.000000202. The number of hydrogen-bond acceptors (Lipinski definition) is 3. The van der Waals surface area contributed by atoms with Crippen molar-refractivity contribution in [1.29, 1.82) is 0 Å².